The largest absolute Gasteiger partial charge is 0.417 e. The first-order valence-electron chi connectivity index (χ1n) is 23.5. The summed E-state index contributed by atoms with van der Waals surface area (Å²) in [4.78, 5) is 0. The van der Waals surface area contributed by atoms with Crippen LogP contribution in [0.25, 0.3) is 121 Å². The Morgan fingerprint density at radius 3 is 1.03 bits per heavy atom. The van der Waals surface area contributed by atoms with Gasteiger partial charge in [0.1, 0.15) is 11.6 Å². The van der Waals surface area contributed by atoms with Crippen molar-refractivity contribution in [3.63, 3.8) is 0 Å². The maximum Gasteiger partial charge on any atom is 0.417 e. The van der Waals surface area contributed by atoms with Crippen molar-refractivity contribution in [2.45, 2.75) is 6.18 Å². The van der Waals surface area contributed by atoms with E-state index < -0.39 is 11.7 Å². The van der Waals surface area contributed by atoms with Gasteiger partial charge in [0, 0.05) is 54.5 Å². The predicted octanol–water partition coefficient (Wildman–Crippen LogP) is 16.5. The monoisotopic (exact) mass is 932 g/mol. The number of rotatable bonds is 5. The number of nitrogens with zero attached hydrogens (tertiary/aromatic N) is 6. The van der Waals surface area contributed by atoms with E-state index in [2.05, 4.69) is 100 Å². The second-order valence-electron chi connectivity index (χ2n) is 18.2. The van der Waals surface area contributed by atoms with Gasteiger partial charge in [0.2, 0.25) is 0 Å². The minimum Gasteiger partial charge on any atom is -0.309 e. The average Bonchev–Trinajstić information content (AvgIpc) is 4.14. The summed E-state index contributed by atoms with van der Waals surface area (Å²) < 4.78 is 54.7. The third-order valence-electron chi connectivity index (χ3n) is 14.4. The molecule has 0 saturated heterocycles. The van der Waals surface area contributed by atoms with Crippen molar-refractivity contribution in [3.05, 3.63) is 229 Å². The van der Waals surface area contributed by atoms with Gasteiger partial charge in [-0.25, -0.2) is 0 Å². The van der Waals surface area contributed by atoms with Gasteiger partial charge in [-0.2, -0.15) is 23.7 Å². The fourth-order valence-electron chi connectivity index (χ4n) is 11.5. The minimum absolute atomic E-state index is 0.111. The fraction of sp³-hybridized carbons (Fsp3) is 0.0159. The molecule has 14 rings (SSSR count). The van der Waals surface area contributed by atoms with Gasteiger partial charge >= 0.3 is 6.18 Å². The first-order chi connectivity index (χ1) is 35.3. The van der Waals surface area contributed by atoms with Crippen LogP contribution in [0.4, 0.5) is 13.2 Å². The molecular weight excluding hydrogens is 898 g/mol. The Balaban J connectivity index is 1.12. The Kier molecular flexibility index (Phi) is 8.77. The minimum atomic E-state index is -4.81. The van der Waals surface area contributed by atoms with Gasteiger partial charge in [-0.3, -0.25) is 0 Å². The number of benzene rings is 10. The van der Waals surface area contributed by atoms with Gasteiger partial charge in [-0.1, -0.05) is 127 Å². The quantitative estimate of drug-likeness (QED) is 0.173. The third kappa shape index (κ3) is 5.89. The molecule has 0 aliphatic carbocycles. The molecule has 10 aromatic carbocycles. The van der Waals surface area contributed by atoms with Crippen LogP contribution in [-0.2, 0) is 6.18 Å². The number of aromatic nitrogens is 4. The van der Waals surface area contributed by atoms with Crippen molar-refractivity contribution in [2.24, 2.45) is 0 Å². The first kappa shape index (κ1) is 41.2. The lowest BCUT2D eigenvalue weighted by molar-refractivity contribution is -0.137. The summed E-state index contributed by atoms with van der Waals surface area (Å²) in [5, 5.41) is 29.7. The highest BCUT2D eigenvalue weighted by Crippen LogP contribution is 2.45. The summed E-state index contributed by atoms with van der Waals surface area (Å²) in [5.41, 5.74) is 9.04. The van der Waals surface area contributed by atoms with E-state index in [-0.39, 0.29) is 22.3 Å². The lowest BCUT2D eigenvalue weighted by Crippen LogP contribution is -2.09. The second-order valence-corrected chi connectivity index (χ2v) is 18.2. The van der Waals surface area contributed by atoms with Crippen LogP contribution in [0.3, 0.4) is 0 Å². The lowest BCUT2D eigenvalue weighted by Gasteiger charge is -2.20. The standard InChI is InChI=1S/C63H35F3N6/c64-63(65,66)52-31-38(36-67)25-28-42(52)39-32-59(71-57-23-11-5-17-47(57)49-29-26-40(34-61(49)71)69-53-19-7-1-13-43(53)44-14-2-8-20-54(44)69)51(37-68)60(33-39)72-58-24-12-6-18-48(58)50-30-27-41(35-62(50)72)70-55-21-9-3-15-45(55)46-16-4-10-22-56(46)70/h1-35H. The lowest BCUT2D eigenvalue weighted by atomic mass is 9.94. The highest BCUT2D eigenvalue weighted by Gasteiger charge is 2.35. The number of alkyl halides is 3. The van der Waals surface area contributed by atoms with Gasteiger partial charge < -0.3 is 18.3 Å². The van der Waals surface area contributed by atoms with Crippen molar-refractivity contribution in [1.29, 1.82) is 10.5 Å². The van der Waals surface area contributed by atoms with E-state index in [4.69, 9.17) is 0 Å². The Morgan fingerprint density at radius 2 is 0.681 bits per heavy atom. The molecule has 0 fully saturated rings. The number of hydrogen-bond acceptors (Lipinski definition) is 2. The summed E-state index contributed by atoms with van der Waals surface area (Å²) in [5.74, 6) is 0. The first-order valence-corrected chi connectivity index (χ1v) is 23.5. The van der Waals surface area contributed by atoms with E-state index in [1.54, 1.807) is 12.1 Å². The smallest absolute Gasteiger partial charge is 0.309 e. The van der Waals surface area contributed by atoms with Crippen LogP contribution < -0.4 is 0 Å². The molecule has 4 aromatic heterocycles. The van der Waals surface area contributed by atoms with Crippen molar-refractivity contribution in [1.82, 2.24) is 18.3 Å². The van der Waals surface area contributed by atoms with Crippen LogP contribution in [0.5, 0.6) is 0 Å². The van der Waals surface area contributed by atoms with E-state index in [0.29, 0.717) is 11.4 Å². The molecule has 4 heterocycles. The fourth-order valence-corrected chi connectivity index (χ4v) is 11.5. The number of para-hydroxylation sites is 6. The zero-order valence-electron chi connectivity index (χ0n) is 38.0. The van der Waals surface area contributed by atoms with E-state index >= 15 is 13.2 Å². The van der Waals surface area contributed by atoms with Crippen molar-refractivity contribution < 1.29 is 13.2 Å². The molecular formula is C63H35F3N6. The molecule has 0 bridgehead atoms. The maximum absolute atomic E-state index is 15.4. The Labute approximate surface area is 408 Å². The van der Waals surface area contributed by atoms with Gasteiger partial charge in [-0.15, -0.1) is 0 Å². The summed E-state index contributed by atoms with van der Waals surface area (Å²) in [7, 11) is 0. The summed E-state index contributed by atoms with van der Waals surface area (Å²) in [6, 6.07) is 73.2. The number of halogens is 3. The van der Waals surface area contributed by atoms with E-state index in [1.807, 2.05) is 112 Å². The zero-order valence-corrected chi connectivity index (χ0v) is 38.0. The molecule has 0 spiro atoms. The maximum atomic E-state index is 15.4. The topological polar surface area (TPSA) is 67.3 Å². The summed E-state index contributed by atoms with van der Waals surface area (Å²) in [6.45, 7) is 0. The number of nitriles is 2. The molecule has 9 heteroatoms. The van der Waals surface area contributed by atoms with Crippen LogP contribution in [0, 0.1) is 22.7 Å². The highest BCUT2D eigenvalue weighted by atomic mass is 19.4. The van der Waals surface area contributed by atoms with Crippen molar-refractivity contribution >= 4 is 87.2 Å². The number of hydrogen-bond donors (Lipinski definition) is 0. The number of fused-ring (bicyclic) bond motifs is 12. The molecule has 0 saturated carbocycles. The Bertz CT molecular complexity index is 4360. The van der Waals surface area contributed by atoms with Crippen LogP contribution in [0.15, 0.2) is 212 Å². The Hall–Kier alpha value is -9.83. The molecule has 0 radical (unpaired) electrons. The molecule has 0 amide bonds. The van der Waals surface area contributed by atoms with Gasteiger partial charge in [0.25, 0.3) is 0 Å². The summed E-state index contributed by atoms with van der Waals surface area (Å²) >= 11 is 0. The molecule has 14 aromatic rings. The SMILES string of the molecule is N#Cc1ccc(-c2cc(-n3c4ccccc4c4ccc(-n5c6ccccc6c6ccccc65)cc43)c(C#N)c(-n3c4ccccc4c4ccc(-n5c6ccccc6c6ccccc65)cc43)c2)c(C(F)(F)F)c1. The van der Waals surface area contributed by atoms with Gasteiger partial charge in [-0.05, 0) is 96.1 Å². The van der Waals surface area contributed by atoms with E-state index in [9.17, 15) is 10.5 Å². The van der Waals surface area contributed by atoms with E-state index in [1.165, 1.54) is 12.1 Å². The van der Waals surface area contributed by atoms with Crippen LogP contribution >= 0.6 is 0 Å². The second kappa shape index (κ2) is 15.3. The highest BCUT2D eigenvalue weighted by molar-refractivity contribution is 6.14. The molecule has 0 unspecified atom stereocenters. The molecule has 0 aliphatic heterocycles. The summed E-state index contributed by atoms with van der Waals surface area (Å²) in [6.07, 6.45) is -4.81. The predicted molar refractivity (Wildman–Crippen MR) is 284 cm³/mol. The van der Waals surface area contributed by atoms with Gasteiger partial charge in [0.05, 0.1) is 72.7 Å². The van der Waals surface area contributed by atoms with Crippen LogP contribution in [0.1, 0.15) is 16.7 Å². The molecule has 0 atom stereocenters. The van der Waals surface area contributed by atoms with E-state index in [0.717, 1.165) is 105 Å². The molecule has 338 valence electrons. The Morgan fingerprint density at radius 1 is 0.333 bits per heavy atom. The van der Waals surface area contributed by atoms with Crippen LogP contribution in [0.2, 0.25) is 0 Å². The van der Waals surface area contributed by atoms with Crippen LogP contribution in [-0.4, -0.2) is 18.3 Å². The molecule has 0 N–H and O–H groups in total. The van der Waals surface area contributed by atoms with Crippen molar-refractivity contribution in [3.8, 4) is 46.0 Å². The molecule has 0 aliphatic rings. The molecule has 6 nitrogen and oxygen atoms in total. The molecule has 72 heavy (non-hydrogen) atoms. The zero-order chi connectivity index (χ0) is 48.4. The normalized spacial score (nSPS) is 12.1. The third-order valence-corrected chi connectivity index (χ3v) is 14.4. The average molecular weight is 933 g/mol. The van der Waals surface area contributed by atoms with Gasteiger partial charge in [0.15, 0.2) is 0 Å². The van der Waals surface area contributed by atoms with Crippen molar-refractivity contribution in [2.75, 3.05) is 0 Å².